The maximum absolute atomic E-state index is 12.0. The molecule has 10 nitrogen and oxygen atoms in total. The molecule has 1 atom stereocenters. The smallest absolute Gasteiger partial charge is 0.407 e. The van der Waals surface area contributed by atoms with E-state index < -0.39 is 11.7 Å². The van der Waals surface area contributed by atoms with E-state index in [0.717, 1.165) is 21.2 Å². The summed E-state index contributed by atoms with van der Waals surface area (Å²) in [6.07, 6.45) is 1.09. The van der Waals surface area contributed by atoms with E-state index in [1.807, 2.05) is 27.7 Å². The zero-order chi connectivity index (χ0) is 21.7. The molecule has 1 aliphatic rings. The summed E-state index contributed by atoms with van der Waals surface area (Å²) in [6, 6.07) is 0. The van der Waals surface area contributed by atoms with Crippen LogP contribution < -0.4 is 10.2 Å². The first-order valence-corrected chi connectivity index (χ1v) is 10.7. The SMILES string of the molecule is CCOOCc1cnc2n[nH]c(Br)c2c1N1CCOC(CNC(=O)OC(C)(C)C)C1. The van der Waals surface area contributed by atoms with E-state index in [0.29, 0.717) is 38.5 Å². The number of alkyl carbamates (subject to hydrolysis) is 1. The summed E-state index contributed by atoms with van der Waals surface area (Å²) in [6.45, 7) is 10.2. The predicted molar refractivity (Wildman–Crippen MR) is 114 cm³/mol. The van der Waals surface area contributed by atoms with Crippen molar-refractivity contribution in [2.75, 3.05) is 37.7 Å². The topological polar surface area (TPSA) is 111 Å². The number of aromatic nitrogens is 3. The molecule has 1 amide bonds. The van der Waals surface area contributed by atoms with Crippen molar-refractivity contribution in [2.24, 2.45) is 0 Å². The van der Waals surface area contributed by atoms with Gasteiger partial charge in [0.15, 0.2) is 5.65 Å². The van der Waals surface area contributed by atoms with Gasteiger partial charge in [0.2, 0.25) is 0 Å². The Morgan fingerprint density at radius 3 is 2.97 bits per heavy atom. The summed E-state index contributed by atoms with van der Waals surface area (Å²) in [7, 11) is 0. The number of nitrogens with zero attached hydrogens (tertiary/aromatic N) is 3. The van der Waals surface area contributed by atoms with E-state index in [1.165, 1.54) is 0 Å². The molecule has 1 aliphatic heterocycles. The van der Waals surface area contributed by atoms with Crippen LogP contribution in [0.25, 0.3) is 11.0 Å². The lowest BCUT2D eigenvalue weighted by atomic mass is 10.1. The predicted octanol–water partition coefficient (Wildman–Crippen LogP) is 2.92. The number of amides is 1. The highest BCUT2D eigenvalue weighted by atomic mass is 79.9. The van der Waals surface area contributed by atoms with E-state index in [9.17, 15) is 4.79 Å². The van der Waals surface area contributed by atoms with Crippen LogP contribution in [0.5, 0.6) is 0 Å². The van der Waals surface area contributed by atoms with Gasteiger partial charge in [-0.15, -0.1) is 0 Å². The first-order valence-electron chi connectivity index (χ1n) is 9.87. The molecule has 0 bridgehead atoms. The molecule has 1 saturated heterocycles. The highest BCUT2D eigenvalue weighted by molar-refractivity contribution is 9.10. The largest absolute Gasteiger partial charge is 0.444 e. The molecule has 2 N–H and O–H groups in total. The van der Waals surface area contributed by atoms with Gasteiger partial charge in [-0.1, -0.05) is 0 Å². The molecular formula is C19H28BrN5O5. The quantitative estimate of drug-likeness (QED) is 0.349. The molecule has 1 unspecified atom stereocenters. The van der Waals surface area contributed by atoms with Gasteiger partial charge in [0, 0.05) is 31.4 Å². The molecule has 0 radical (unpaired) electrons. The van der Waals surface area contributed by atoms with Gasteiger partial charge in [0.05, 0.1) is 30.4 Å². The minimum Gasteiger partial charge on any atom is -0.444 e. The summed E-state index contributed by atoms with van der Waals surface area (Å²) in [5, 5.41) is 10.8. The Bertz CT molecular complexity index is 869. The average Bonchev–Trinajstić information content (AvgIpc) is 3.06. The number of carbonyl (C=O) groups is 1. The molecule has 11 heteroatoms. The van der Waals surface area contributed by atoms with E-state index in [-0.39, 0.29) is 12.7 Å². The van der Waals surface area contributed by atoms with Crippen LogP contribution in [-0.2, 0) is 25.9 Å². The molecule has 3 rings (SSSR count). The standard InChI is InChI=1S/C19H28BrN5O5/c1-5-28-29-11-12-8-21-17-14(16(20)23-24-17)15(12)25-6-7-27-13(10-25)9-22-18(26)30-19(2,3)4/h8,13H,5-7,9-11H2,1-4H3,(H,22,26)(H,21,23,24). The molecule has 2 aromatic heterocycles. The fourth-order valence-corrected chi connectivity index (χ4v) is 3.64. The highest BCUT2D eigenvalue weighted by Crippen LogP contribution is 2.35. The number of ether oxygens (including phenoxy) is 2. The number of pyridine rings is 1. The summed E-state index contributed by atoms with van der Waals surface area (Å²) >= 11 is 3.53. The van der Waals surface area contributed by atoms with Crippen LogP contribution in [0.2, 0.25) is 0 Å². The number of aromatic amines is 1. The van der Waals surface area contributed by atoms with Gasteiger partial charge in [0.1, 0.15) is 16.8 Å². The van der Waals surface area contributed by atoms with Crippen LogP contribution in [0.1, 0.15) is 33.3 Å². The van der Waals surface area contributed by atoms with Crippen molar-refractivity contribution >= 4 is 38.7 Å². The second kappa shape index (κ2) is 9.90. The minimum atomic E-state index is -0.546. The third kappa shape index (κ3) is 5.81. The molecular weight excluding hydrogens is 458 g/mol. The van der Waals surface area contributed by atoms with Gasteiger partial charge >= 0.3 is 6.09 Å². The number of hydrogen-bond acceptors (Lipinski definition) is 8. The van der Waals surface area contributed by atoms with Crippen molar-refractivity contribution < 1.29 is 24.0 Å². The number of fused-ring (bicyclic) bond motifs is 1. The molecule has 2 aromatic rings. The van der Waals surface area contributed by atoms with Crippen LogP contribution in [0.4, 0.5) is 10.5 Å². The van der Waals surface area contributed by atoms with Crippen LogP contribution in [0.15, 0.2) is 10.8 Å². The summed E-state index contributed by atoms with van der Waals surface area (Å²) in [5.41, 5.74) is 1.88. The second-order valence-electron chi connectivity index (χ2n) is 7.86. The number of nitrogens with one attached hydrogen (secondary N) is 2. The first-order chi connectivity index (χ1) is 14.3. The third-order valence-electron chi connectivity index (χ3n) is 4.33. The molecule has 166 valence electrons. The summed E-state index contributed by atoms with van der Waals surface area (Å²) < 4.78 is 11.9. The monoisotopic (exact) mass is 485 g/mol. The molecule has 3 heterocycles. The van der Waals surface area contributed by atoms with Gasteiger partial charge in [0.25, 0.3) is 0 Å². The number of halogens is 1. The summed E-state index contributed by atoms with van der Waals surface area (Å²) in [4.78, 5) is 28.9. The van der Waals surface area contributed by atoms with Gasteiger partial charge in [-0.25, -0.2) is 19.6 Å². The Balaban J connectivity index is 1.76. The Labute approximate surface area is 183 Å². The van der Waals surface area contributed by atoms with Gasteiger partial charge in [-0.05, 0) is 43.6 Å². The lowest BCUT2D eigenvalue weighted by Gasteiger charge is -2.36. The van der Waals surface area contributed by atoms with Crippen LogP contribution in [0.3, 0.4) is 0 Å². The van der Waals surface area contributed by atoms with Gasteiger partial charge in [-0.2, -0.15) is 5.10 Å². The number of anilines is 1. The van der Waals surface area contributed by atoms with Crippen molar-refractivity contribution in [3.63, 3.8) is 0 Å². The number of morpholine rings is 1. The maximum Gasteiger partial charge on any atom is 0.407 e. The molecule has 0 aromatic carbocycles. The Hall–Kier alpha value is -1.95. The maximum atomic E-state index is 12.0. The fraction of sp³-hybridized carbons (Fsp3) is 0.632. The van der Waals surface area contributed by atoms with E-state index in [2.05, 4.69) is 41.3 Å². The van der Waals surface area contributed by atoms with Crippen molar-refractivity contribution in [3.05, 3.63) is 16.4 Å². The zero-order valence-electron chi connectivity index (χ0n) is 17.7. The summed E-state index contributed by atoms with van der Waals surface area (Å²) in [5.74, 6) is 0. The first kappa shape index (κ1) is 22.7. The van der Waals surface area contributed by atoms with Crippen LogP contribution >= 0.6 is 15.9 Å². The van der Waals surface area contributed by atoms with Gasteiger partial charge in [-0.3, -0.25) is 5.10 Å². The molecule has 0 spiro atoms. The molecule has 1 fully saturated rings. The Morgan fingerprint density at radius 1 is 1.43 bits per heavy atom. The normalized spacial score (nSPS) is 17.4. The lowest BCUT2D eigenvalue weighted by Crippen LogP contribution is -2.48. The number of H-pyrrole nitrogens is 1. The van der Waals surface area contributed by atoms with E-state index in [4.69, 9.17) is 19.2 Å². The van der Waals surface area contributed by atoms with Crippen LogP contribution in [0, 0.1) is 0 Å². The Morgan fingerprint density at radius 2 is 2.23 bits per heavy atom. The van der Waals surface area contributed by atoms with Crippen molar-refractivity contribution in [1.29, 1.82) is 0 Å². The lowest BCUT2D eigenvalue weighted by molar-refractivity contribution is -0.300. The number of carbonyl (C=O) groups excluding carboxylic acids is 1. The van der Waals surface area contributed by atoms with E-state index in [1.54, 1.807) is 6.20 Å². The third-order valence-corrected chi connectivity index (χ3v) is 4.90. The van der Waals surface area contributed by atoms with Crippen molar-refractivity contribution in [1.82, 2.24) is 20.5 Å². The van der Waals surface area contributed by atoms with Crippen molar-refractivity contribution in [2.45, 2.75) is 46.0 Å². The minimum absolute atomic E-state index is 0.194. The number of hydrogen-bond donors (Lipinski definition) is 2. The molecule has 0 aliphatic carbocycles. The van der Waals surface area contributed by atoms with Crippen molar-refractivity contribution in [3.8, 4) is 0 Å². The Kier molecular flexibility index (Phi) is 7.50. The molecule has 0 saturated carbocycles. The highest BCUT2D eigenvalue weighted by Gasteiger charge is 2.27. The van der Waals surface area contributed by atoms with E-state index >= 15 is 0 Å². The average molecular weight is 486 g/mol. The van der Waals surface area contributed by atoms with Crippen LogP contribution in [-0.4, -0.2) is 65.8 Å². The second-order valence-corrected chi connectivity index (χ2v) is 8.65. The zero-order valence-corrected chi connectivity index (χ0v) is 19.2. The fourth-order valence-electron chi connectivity index (χ4n) is 3.19. The van der Waals surface area contributed by atoms with Gasteiger partial charge < -0.3 is 19.7 Å². The molecule has 30 heavy (non-hydrogen) atoms. The number of rotatable bonds is 7.